The van der Waals surface area contributed by atoms with Crippen molar-refractivity contribution in [1.29, 1.82) is 0 Å². The van der Waals surface area contributed by atoms with Crippen LogP contribution >= 0.6 is 0 Å². The number of nitrogen functional groups attached to an aromatic ring is 1. The van der Waals surface area contributed by atoms with E-state index in [1.165, 1.54) is 32.1 Å². The summed E-state index contributed by atoms with van der Waals surface area (Å²) in [5, 5.41) is 4.14. The van der Waals surface area contributed by atoms with Gasteiger partial charge in [0, 0.05) is 0 Å². The lowest BCUT2D eigenvalue weighted by Gasteiger charge is -2.53. The van der Waals surface area contributed by atoms with Gasteiger partial charge in [0.1, 0.15) is 6.33 Å². The highest BCUT2D eigenvalue weighted by molar-refractivity contribution is 5.11. The van der Waals surface area contributed by atoms with Gasteiger partial charge in [-0.15, -0.1) is 5.10 Å². The Balaban J connectivity index is 1.70. The summed E-state index contributed by atoms with van der Waals surface area (Å²) in [6.07, 6.45) is 8.60. The maximum absolute atomic E-state index is 5.47. The van der Waals surface area contributed by atoms with Gasteiger partial charge >= 0.3 is 0 Å². The summed E-state index contributed by atoms with van der Waals surface area (Å²) in [4.78, 5) is 3.94. The standard InChI is InChI=1S/C9H14N4/c10-8-11-6-13(12-8)7-4-9(5-7)2-1-3-9/h6-7H,1-5H2,(H2,10,12). The molecular weight excluding hydrogens is 164 g/mol. The van der Waals surface area contributed by atoms with Crippen LogP contribution in [0.3, 0.4) is 0 Å². The van der Waals surface area contributed by atoms with Crippen molar-refractivity contribution < 1.29 is 0 Å². The Morgan fingerprint density at radius 1 is 1.46 bits per heavy atom. The van der Waals surface area contributed by atoms with Gasteiger partial charge in [-0.25, -0.2) is 9.67 Å². The van der Waals surface area contributed by atoms with Crippen LogP contribution in [-0.2, 0) is 0 Å². The van der Waals surface area contributed by atoms with E-state index in [-0.39, 0.29) is 0 Å². The largest absolute Gasteiger partial charge is 0.367 e. The van der Waals surface area contributed by atoms with Crippen molar-refractivity contribution in [1.82, 2.24) is 14.8 Å². The third-order valence-electron chi connectivity index (χ3n) is 3.65. The highest BCUT2D eigenvalue weighted by Crippen LogP contribution is 2.60. The molecule has 0 amide bonds. The van der Waals surface area contributed by atoms with Crippen molar-refractivity contribution in [3.8, 4) is 0 Å². The SMILES string of the molecule is Nc1ncn(C2CC3(CCC3)C2)n1. The second kappa shape index (κ2) is 2.25. The molecule has 0 aliphatic heterocycles. The van der Waals surface area contributed by atoms with Gasteiger partial charge in [-0.3, -0.25) is 0 Å². The van der Waals surface area contributed by atoms with Crippen molar-refractivity contribution >= 4 is 5.95 Å². The van der Waals surface area contributed by atoms with Gasteiger partial charge in [0.05, 0.1) is 6.04 Å². The molecule has 2 aliphatic rings. The van der Waals surface area contributed by atoms with Crippen LogP contribution in [0.25, 0.3) is 0 Å². The lowest BCUT2D eigenvalue weighted by molar-refractivity contribution is -0.0219. The molecule has 2 saturated carbocycles. The van der Waals surface area contributed by atoms with E-state index in [0.717, 1.165) is 0 Å². The maximum Gasteiger partial charge on any atom is 0.239 e. The Kier molecular flexibility index (Phi) is 1.27. The first-order valence-corrected chi connectivity index (χ1v) is 4.94. The molecular formula is C9H14N4. The fourth-order valence-corrected chi connectivity index (χ4v) is 2.68. The molecule has 2 fully saturated rings. The maximum atomic E-state index is 5.47. The average Bonchev–Trinajstić information content (AvgIpc) is 2.29. The Bertz CT molecular complexity index is 318. The minimum Gasteiger partial charge on any atom is -0.367 e. The second-order valence-electron chi connectivity index (χ2n) is 4.50. The summed E-state index contributed by atoms with van der Waals surface area (Å²) in [5.41, 5.74) is 6.17. The lowest BCUT2D eigenvalue weighted by atomic mass is 9.54. The highest BCUT2D eigenvalue weighted by Gasteiger charge is 2.49. The third-order valence-corrected chi connectivity index (χ3v) is 3.65. The number of nitrogens with two attached hydrogens (primary N) is 1. The van der Waals surface area contributed by atoms with Crippen LogP contribution < -0.4 is 5.73 Å². The van der Waals surface area contributed by atoms with E-state index in [1.807, 2.05) is 4.68 Å². The van der Waals surface area contributed by atoms with Crippen LogP contribution in [0.15, 0.2) is 6.33 Å². The third kappa shape index (κ3) is 0.975. The van der Waals surface area contributed by atoms with Gasteiger partial charge in [0.2, 0.25) is 5.95 Å². The van der Waals surface area contributed by atoms with Crippen LogP contribution in [0.1, 0.15) is 38.1 Å². The first kappa shape index (κ1) is 7.35. The number of rotatable bonds is 1. The number of anilines is 1. The molecule has 1 aromatic rings. The fraction of sp³-hybridized carbons (Fsp3) is 0.778. The van der Waals surface area contributed by atoms with Gasteiger partial charge < -0.3 is 5.73 Å². The van der Waals surface area contributed by atoms with Crippen LogP contribution in [0, 0.1) is 5.41 Å². The van der Waals surface area contributed by atoms with E-state index >= 15 is 0 Å². The predicted molar refractivity (Wildman–Crippen MR) is 49.0 cm³/mol. The molecule has 2 N–H and O–H groups in total. The molecule has 0 unspecified atom stereocenters. The zero-order chi connectivity index (χ0) is 8.89. The van der Waals surface area contributed by atoms with Crippen LogP contribution in [-0.4, -0.2) is 14.8 Å². The van der Waals surface area contributed by atoms with E-state index in [4.69, 9.17) is 5.73 Å². The van der Waals surface area contributed by atoms with Crippen molar-refractivity contribution in [2.45, 2.75) is 38.1 Å². The molecule has 0 radical (unpaired) electrons. The lowest BCUT2D eigenvalue weighted by Crippen LogP contribution is -2.43. The fourth-order valence-electron chi connectivity index (χ4n) is 2.68. The molecule has 0 aromatic carbocycles. The molecule has 1 spiro atoms. The highest BCUT2D eigenvalue weighted by atomic mass is 15.4. The van der Waals surface area contributed by atoms with Gasteiger partial charge in [-0.2, -0.15) is 0 Å². The summed E-state index contributed by atoms with van der Waals surface area (Å²) >= 11 is 0. The van der Waals surface area contributed by atoms with Gasteiger partial charge in [-0.05, 0) is 31.1 Å². The summed E-state index contributed by atoms with van der Waals surface area (Å²) in [6, 6.07) is 0.574. The van der Waals surface area contributed by atoms with Crippen molar-refractivity contribution in [3.63, 3.8) is 0 Å². The minimum absolute atomic E-state index is 0.398. The molecule has 4 nitrogen and oxygen atoms in total. The second-order valence-corrected chi connectivity index (χ2v) is 4.50. The first-order chi connectivity index (χ1) is 6.27. The Morgan fingerprint density at radius 2 is 2.23 bits per heavy atom. The zero-order valence-corrected chi connectivity index (χ0v) is 7.61. The van der Waals surface area contributed by atoms with E-state index in [1.54, 1.807) is 6.33 Å². The molecule has 0 atom stereocenters. The Morgan fingerprint density at radius 3 is 2.69 bits per heavy atom. The Hall–Kier alpha value is -1.06. The molecule has 0 bridgehead atoms. The zero-order valence-electron chi connectivity index (χ0n) is 7.61. The number of hydrogen-bond donors (Lipinski definition) is 1. The molecule has 0 saturated heterocycles. The number of nitrogens with zero attached hydrogens (tertiary/aromatic N) is 3. The van der Waals surface area contributed by atoms with E-state index < -0.39 is 0 Å². The van der Waals surface area contributed by atoms with Gasteiger partial charge in [0.25, 0.3) is 0 Å². The van der Waals surface area contributed by atoms with Gasteiger partial charge in [-0.1, -0.05) is 6.42 Å². The summed E-state index contributed by atoms with van der Waals surface area (Å²) < 4.78 is 1.93. The van der Waals surface area contributed by atoms with Crippen LogP contribution in [0.2, 0.25) is 0 Å². The normalized spacial score (nSPS) is 25.5. The first-order valence-electron chi connectivity index (χ1n) is 4.94. The minimum atomic E-state index is 0.398. The van der Waals surface area contributed by atoms with Gasteiger partial charge in [0.15, 0.2) is 0 Å². The number of hydrogen-bond acceptors (Lipinski definition) is 3. The van der Waals surface area contributed by atoms with E-state index in [0.29, 0.717) is 17.4 Å². The molecule has 13 heavy (non-hydrogen) atoms. The van der Waals surface area contributed by atoms with E-state index in [2.05, 4.69) is 10.1 Å². The molecule has 1 heterocycles. The predicted octanol–water partition coefficient (Wildman–Crippen LogP) is 1.37. The van der Waals surface area contributed by atoms with Crippen molar-refractivity contribution in [3.05, 3.63) is 6.33 Å². The molecule has 4 heteroatoms. The average molecular weight is 178 g/mol. The van der Waals surface area contributed by atoms with Crippen LogP contribution in [0.4, 0.5) is 5.95 Å². The molecule has 1 aromatic heterocycles. The number of aromatic nitrogens is 3. The van der Waals surface area contributed by atoms with Crippen molar-refractivity contribution in [2.75, 3.05) is 5.73 Å². The van der Waals surface area contributed by atoms with E-state index in [9.17, 15) is 0 Å². The smallest absolute Gasteiger partial charge is 0.239 e. The quantitative estimate of drug-likeness (QED) is 0.706. The summed E-state index contributed by atoms with van der Waals surface area (Å²) in [5.74, 6) is 0.398. The summed E-state index contributed by atoms with van der Waals surface area (Å²) in [6.45, 7) is 0. The molecule has 70 valence electrons. The summed E-state index contributed by atoms with van der Waals surface area (Å²) in [7, 11) is 0. The monoisotopic (exact) mass is 178 g/mol. The Labute approximate surface area is 77.1 Å². The van der Waals surface area contributed by atoms with Crippen molar-refractivity contribution in [2.24, 2.45) is 5.41 Å². The topological polar surface area (TPSA) is 56.7 Å². The van der Waals surface area contributed by atoms with Crippen LogP contribution in [0.5, 0.6) is 0 Å². The molecule has 3 rings (SSSR count). The molecule has 2 aliphatic carbocycles.